The van der Waals surface area contributed by atoms with E-state index in [9.17, 15) is 4.79 Å². The van der Waals surface area contributed by atoms with Crippen molar-refractivity contribution >= 4 is 5.97 Å². The van der Waals surface area contributed by atoms with Crippen molar-refractivity contribution in [3.8, 4) is 0 Å². The lowest BCUT2D eigenvalue weighted by Gasteiger charge is -2.02. The van der Waals surface area contributed by atoms with Gasteiger partial charge >= 0.3 is 5.97 Å². The Morgan fingerprint density at radius 1 is 1.77 bits per heavy atom. The van der Waals surface area contributed by atoms with Gasteiger partial charge in [-0.25, -0.2) is 4.79 Å². The number of hydrogen-bond donors (Lipinski definition) is 2. The van der Waals surface area contributed by atoms with E-state index in [1.165, 1.54) is 0 Å². The number of aryl methyl sites for hydroxylation is 2. The number of carboxylic acids is 1. The molecule has 0 saturated carbocycles. The number of carboxylic acid groups (broad SMARTS) is 1. The monoisotopic (exact) mass is 184 g/mol. The van der Waals surface area contributed by atoms with Crippen LogP contribution in [0.25, 0.3) is 0 Å². The molecule has 0 aromatic carbocycles. The molecule has 0 amide bonds. The third-order valence-electron chi connectivity index (χ3n) is 1.81. The number of rotatable bonds is 3. The van der Waals surface area contributed by atoms with Crippen molar-refractivity contribution < 1.29 is 15.0 Å². The summed E-state index contributed by atoms with van der Waals surface area (Å²) >= 11 is 0. The topological polar surface area (TPSA) is 75.3 Å². The molecule has 2 N–H and O–H groups in total. The molecule has 5 heteroatoms. The molecule has 0 radical (unpaired) electrons. The van der Waals surface area contributed by atoms with Crippen LogP contribution in [-0.4, -0.2) is 32.1 Å². The van der Waals surface area contributed by atoms with Crippen LogP contribution in [0.1, 0.15) is 11.3 Å². The number of aliphatic carboxylic acids is 1. The van der Waals surface area contributed by atoms with Crippen LogP contribution in [0, 0.1) is 6.92 Å². The first-order chi connectivity index (χ1) is 6.00. The maximum atomic E-state index is 10.3. The van der Waals surface area contributed by atoms with Crippen molar-refractivity contribution in [1.29, 1.82) is 0 Å². The lowest BCUT2D eigenvalue weighted by atomic mass is 10.1. The minimum absolute atomic E-state index is 0.106. The Bertz CT molecular complexity index is 319. The fourth-order valence-electron chi connectivity index (χ4n) is 1.14. The summed E-state index contributed by atoms with van der Waals surface area (Å²) in [6, 6.07) is 0. The minimum Gasteiger partial charge on any atom is -0.479 e. The first-order valence-electron chi connectivity index (χ1n) is 3.90. The maximum Gasteiger partial charge on any atom is 0.332 e. The van der Waals surface area contributed by atoms with Crippen LogP contribution in [0.5, 0.6) is 0 Å². The molecule has 0 aliphatic heterocycles. The molecule has 0 bridgehead atoms. The fraction of sp³-hybridized carbons (Fsp3) is 0.500. The van der Waals surface area contributed by atoms with Gasteiger partial charge in [-0.15, -0.1) is 0 Å². The van der Waals surface area contributed by atoms with Gasteiger partial charge in [-0.3, -0.25) is 4.68 Å². The smallest absolute Gasteiger partial charge is 0.332 e. The highest BCUT2D eigenvalue weighted by Gasteiger charge is 2.16. The van der Waals surface area contributed by atoms with Gasteiger partial charge in [0.05, 0.1) is 5.69 Å². The zero-order valence-electron chi connectivity index (χ0n) is 7.56. The van der Waals surface area contributed by atoms with Crippen LogP contribution in [0.4, 0.5) is 0 Å². The highest BCUT2D eigenvalue weighted by atomic mass is 16.4. The molecular weight excluding hydrogens is 172 g/mol. The molecule has 1 aromatic rings. The summed E-state index contributed by atoms with van der Waals surface area (Å²) < 4.78 is 1.60. The number of nitrogens with zero attached hydrogens (tertiary/aromatic N) is 2. The molecule has 1 aromatic heterocycles. The van der Waals surface area contributed by atoms with Gasteiger partial charge in [0.1, 0.15) is 0 Å². The lowest BCUT2D eigenvalue weighted by Crippen LogP contribution is -2.22. The second-order valence-corrected chi connectivity index (χ2v) is 2.97. The number of aromatic nitrogens is 2. The Morgan fingerprint density at radius 3 is 2.77 bits per heavy atom. The third-order valence-corrected chi connectivity index (χ3v) is 1.81. The van der Waals surface area contributed by atoms with Crippen molar-refractivity contribution in [2.24, 2.45) is 7.05 Å². The van der Waals surface area contributed by atoms with Crippen LogP contribution in [0.3, 0.4) is 0 Å². The van der Waals surface area contributed by atoms with Gasteiger partial charge in [0.2, 0.25) is 0 Å². The normalized spacial score (nSPS) is 12.8. The van der Waals surface area contributed by atoms with Crippen LogP contribution in [0.2, 0.25) is 0 Å². The van der Waals surface area contributed by atoms with Crippen LogP contribution in [0.15, 0.2) is 6.20 Å². The molecule has 0 fully saturated rings. The molecule has 0 aliphatic rings. The summed E-state index contributed by atoms with van der Waals surface area (Å²) in [5.74, 6) is -1.21. The van der Waals surface area contributed by atoms with E-state index < -0.39 is 12.1 Å². The summed E-state index contributed by atoms with van der Waals surface area (Å²) in [7, 11) is 1.75. The quantitative estimate of drug-likeness (QED) is 0.677. The molecule has 0 saturated heterocycles. The van der Waals surface area contributed by atoms with Crippen molar-refractivity contribution in [1.82, 2.24) is 9.78 Å². The highest BCUT2D eigenvalue weighted by Crippen LogP contribution is 2.07. The van der Waals surface area contributed by atoms with Crippen molar-refractivity contribution in [3.05, 3.63) is 17.5 Å². The van der Waals surface area contributed by atoms with E-state index in [4.69, 9.17) is 10.2 Å². The molecule has 1 unspecified atom stereocenters. The molecule has 13 heavy (non-hydrogen) atoms. The van der Waals surface area contributed by atoms with Crippen molar-refractivity contribution in [2.75, 3.05) is 0 Å². The zero-order valence-corrected chi connectivity index (χ0v) is 7.56. The van der Waals surface area contributed by atoms with Gasteiger partial charge in [0.15, 0.2) is 6.10 Å². The van der Waals surface area contributed by atoms with E-state index in [0.29, 0.717) is 0 Å². The lowest BCUT2D eigenvalue weighted by molar-refractivity contribution is -0.146. The summed E-state index contributed by atoms with van der Waals surface area (Å²) in [5.41, 5.74) is 1.51. The average Bonchev–Trinajstić information content (AvgIpc) is 2.30. The SMILES string of the molecule is Cc1nn(C)cc1CC(O)C(=O)O. The Labute approximate surface area is 75.6 Å². The molecule has 1 heterocycles. The molecule has 0 spiro atoms. The number of hydrogen-bond acceptors (Lipinski definition) is 3. The number of carbonyl (C=O) groups is 1. The van der Waals surface area contributed by atoms with Crippen molar-refractivity contribution in [3.63, 3.8) is 0 Å². The van der Waals surface area contributed by atoms with Crippen molar-refractivity contribution in [2.45, 2.75) is 19.4 Å². The maximum absolute atomic E-state index is 10.3. The second-order valence-electron chi connectivity index (χ2n) is 2.97. The van der Waals surface area contributed by atoms with Gasteiger partial charge in [0, 0.05) is 19.7 Å². The second kappa shape index (κ2) is 3.57. The third kappa shape index (κ3) is 2.29. The molecular formula is C8H12N2O3. The molecule has 0 aliphatic carbocycles. The predicted molar refractivity (Wildman–Crippen MR) is 45.3 cm³/mol. The van der Waals surface area contributed by atoms with E-state index in [1.54, 1.807) is 24.9 Å². The van der Waals surface area contributed by atoms with Crippen LogP contribution >= 0.6 is 0 Å². The van der Waals surface area contributed by atoms with Gasteiger partial charge in [-0.2, -0.15) is 5.10 Å². The first-order valence-corrected chi connectivity index (χ1v) is 3.90. The van der Waals surface area contributed by atoms with Gasteiger partial charge in [-0.05, 0) is 12.5 Å². The Kier molecular flexibility index (Phi) is 2.67. The zero-order chi connectivity index (χ0) is 10.0. The largest absolute Gasteiger partial charge is 0.479 e. The highest BCUT2D eigenvalue weighted by molar-refractivity contribution is 5.72. The summed E-state index contributed by atoms with van der Waals surface area (Å²) in [4.78, 5) is 10.3. The van der Waals surface area contributed by atoms with Gasteiger partial charge < -0.3 is 10.2 Å². The molecule has 1 rings (SSSR count). The van der Waals surface area contributed by atoms with E-state index in [2.05, 4.69) is 5.10 Å². The molecule has 5 nitrogen and oxygen atoms in total. The van der Waals surface area contributed by atoms with Gasteiger partial charge in [0.25, 0.3) is 0 Å². The van der Waals surface area contributed by atoms with Gasteiger partial charge in [-0.1, -0.05) is 0 Å². The van der Waals surface area contributed by atoms with Crippen LogP contribution in [-0.2, 0) is 18.3 Å². The van der Waals surface area contributed by atoms with E-state index in [0.717, 1.165) is 11.3 Å². The molecule has 1 atom stereocenters. The van der Waals surface area contributed by atoms with E-state index in [1.807, 2.05) is 0 Å². The molecule has 72 valence electrons. The Balaban J connectivity index is 2.74. The summed E-state index contributed by atoms with van der Waals surface area (Å²) in [6.45, 7) is 1.78. The standard InChI is InChI=1S/C8H12N2O3/c1-5-6(4-10(2)9-5)3-7(11)8(12)13/h4,7,11H,3H2,1-2H3,(H,12,13). The van der Waals surface area contributed by atoms with Crippen LogP contribution < -0.4 is 0 Å². The predicted octanol–water partition coefficient (Wildman–Crippen LogP) is -0.283. The average molecular weight is 184 g/mol. The van der Waals surface area contributed by atoms with E-state index >= 15 is 0 Å². The minimum atomic E-state index is -1.34. The Hall–Kier alpha value is -1.36. The summed E-state index contributed by atoms with van der Waals surface area (Å²) in [5, 5.41) is 21.6. The fourth-order valence-corrected chi connectivity index (χ4v) is 1.14. The number of aliphatic hydroxyl groups is 1. The van der Waals surface area contributed by atoms with E-state index in [-0.39, 0.29) is 6.42 Å². The summed E-state index contributed by atoms with van der Waals surface area (Å²) in [6.07, 6.45) is 0.471. The first kappa shape index (κ1) is 9.73. The number of aliphatic hydroxyl groups excluding tert-OH is 1. The Morgan fingerprint density at radius 2 is 2.38 bits per heavy atom.